The number of nitrogens with zero attached hydrogens (tertiary/aromatic N) is 2. The summed E-state index contributed by atoms with van der Waals surface area (Å²) in [5.74, 6) is 1.61. The van der Waals surface area contributed by atoms with Crippen molar-refractivity contribution in [2.75, 3.05) is 5.32 Å². The van der Waals surface area contributed by atoms with Crippen molar-refractivity contribution in [2.45, 2.75) is 46.7 Å². The van der Waals surface area contributed by atoms with Gasteiger partial charge in [-0.1, -0.05) is 13.8 Å². The molecule has 0 aliphatic carbocycles. The summed E-state index contributed by atoms with van der Waals surface area (Å²) in [5, 5.41) is 3.39. The maximum atomic E-state index is 4.31. The van der Waals surface area contributed by atoms with Crippen LogP contribution in [0.1, 0.15) is 34.6 Å². The van der Waals surface area contributed by atoms with Gasteiger partial charge in [-0.15, -0.1) is 0 Å². The lowest BCUT2D eigenvalue weighted by atomic mass is 10.1. The number of anilines is 1. The highest BCUT2D eigenvalue weighted by atomic mass is 15.2. The zero-order valence-corrected chi connectivity index (χ0v) is 9.83. The molecule has 1 N–H and O–H groups in total. The first-order valence-electron chi connectivity index (χ1n) is 5.18. The Balaban J connectivity index is 2.72. The number of hydrogen-bond donors (Lipinski definition) is 1. The molecule has 80 valence electrons. The van der Waals surface area contributed by atoms with Gasteiger partial charge >= 0.3 is 0 Å². The topological polar surface area (TPSA) is 29.9 Å². The average Bonchev–Trinajstić information content (AvgIpc) is 2.32. The molecule has 14 heavy (non-hydrogen) atoms. The molecule has 0 saturated carbocycles. The van der Waals surface area contributed by atoms with Gasteiger partial charge in [0.1, 0.15) is 0 Å². The fourth-order valence-electron chi connectivity index (χ4n) is 1.31. The van der Waals surface area contributed by atoms with Crippen molar-refractivity contribution in [2.24, 2.45) is 5.92 Å². The third kappa shape index (κ3) is 3.40. The number of aromatic nitrogens is 2. The van der Waals surface area contributed by atoms with Gasteiger partial charge in [0.25, 0.3) is 0 Å². The van der Waals surface area contributed by atoms with E-state index in [1.807, 2.05) is 12.4 Å². The number of hydrogen-bond acceptors (Lipinski definition) is 2. The lowest BCUT2D eigenvalue weighted by Crippen LogP contribution is -2.28. The van der Waals surface area contributed by atoms with E-state index >= 15 is 0 Å². The van der Waals surface area contributed by atoms with Crippen LogP contribution in [0.4, 0.5) is 5.95 Å². The quantitative estimate of drug-likeness (QED) is 0.803. The molecule has 0 bridgehead atoms. The smallest absolute Gasteiger partial charge is 0.203 e. The standard InChI is InChI=1S/C11H21N3/c1-9(2)8-14-7-6-12-10(14)13-11(3,4)5/h6-7,9H,8H2,1-5H3,(H,12,13). The van der Waals surface area contributed by atoms with E-state index in [9.17, 15) is 0 Å². The molecule has 1 rings (SSSR count). The summed E-state index contributed by atoms with van der Waals surface area (Å²) in [4.78, 5) is 4.31. The highest BCUT2D eigenvalue weighted by molar-refractivity contribution is 5.29. The van der Waals surface area contributed by atoms with E-state index in [0.717, 1.165) is 12.5 Å². The highest BCUT2D eigenvalue weighted by Crippen LogP contribution is 2.13. The monoisotopic (exact) mass is 195 g/mol. The minimum atomic E-state index is 0.0695. The molecule has 0 aromatic carbocycles. The maximum absolute atomic E-state index is 4.31. The Morgan fingerprint density at radius 3 is 2.57 bits per heavy atom. The third-order valence-electron chi connectivity index (χ3n) is 1.76. The van der Waals surface area contributed by atoms with Crippen LogP contribution in [0.5, 0.6) is 0 Å². The van der Waals surface area contributed by atoms with Gasteiger partial charge < -0.3 is 9.88 Å². The van der Waals surface area contributed by atoms with Crippen LogP contribution in [0, 0.1) is 5.92 Å². The van der Waals surface area contributed by atoms with E-state index in [1.54, 1.807) is 0 Å². The van der Waals surface area contributed by atoms with Crippen LogP contribution in [0.25, 0.3) is 0 Å². The SMILES string of the molecule is CC(C)Cn1ccnc1NC(C)(C)C. The second-order valence-electron chi connectivity index (χ2n) is 5.17. The molecule has 0 amide bonds. The Bertz CT molecular complexity index is 281. The van der Waals surface area contributed by atoms with E-state index < -0.39 is 0 Å². The van der Waals surface area contributed by atoms with Gasteiger partial charge in [-0.2, -0.15) is 0 Å². The van der Waals surface area contributed by atoms with E-state index in [4.69, 9.17) is 0 Å². The van der Waals surface area contributed by atoms with Gasteiger partial charge in [-0.05, 0) is 26.7 Å². The molecule has 0 radical (unpaired) electrons. The van der Waals surface area contributed by atoms with Crippen LogP contribution >= 0.6 is 0 Å². The van der Waals surface area contributed by atoms with E-state index in [1.165, 1.54) is 0 Å². The van der Waals surface area contributed by atoms with Gasteiger partial charge in [0.2, 0.25) is 5.95 Å². The van der Waals surface area contributed by atoms with Crippen molar-refractivity contribution in [3.8, 4) is 0 Å². The Kier molecular flexibility index (Phi) is 3.19. The first kappa shape index (κ1) is 11.1. The number of rotatable bonds is 3. The summed E-state index contributed by atoms with van der Waals surface area (Å²) in [6.07, 6.45) is 3.87. The molecule has 0 fully saturated rings. The molecule has 1 aromatic rings. The van der Waals surface area contributed by atoms with Crippen molar-refractivity contribution in [1.29, 1.82) is 0 Å². The van der Waals surface area contributed by atoms with Gasteiger partial charge in [0, 0.05) is 24.5 Å². The minimum absolute atomic E-state index is 0.0695. The summed E-state index contributed by atoms with van der Waals surface area (Å²) >= 11 is 0. The van der Waals surface area contributed by atoms with E-state index in [2.05, 4.69) is 49.5 Å². The van der Waals surface area contributed by atoms with Crippen LogP contribution in [0.15, 0.2) is 12.4 Å². The molecule has 0 unspecified atom stereocenters. The summed E-state index contributed by atoms with van der Waals surface area (Å²) in [6.45, 7) is 11.9. The molecule has 1 aromatic heterocycles. The summed E-state index contributed by atoms with van der Waals surface area (Å²) < 4.78 is 2.16. The molecule has 0 atom stereocenters. The molecule has 3 nitrogen and oxygen atoms in total. The largest absolute Gasteiger partial charge is 0.351 e. The molecule has 3 heteroatoms. The van der Waals surface area contributed by atoms with E-state index in [0.29, 0.717) is 5.92 Å². The van der Waals surface area contributed by atoms with Crippen molar-refractivity contribution < 1.29 is 0 Å². The summed E-state index contributed by atoms with van der Waals surface area (Å²) in [6, 6.07) is 0. The number of imidazole rings is 1. The Labute approximate surface area is 86.5 Å². The second kappa shape index (κ2) is 4.03. The first-order valence-corrected chi connectivity index (χ1v) is 5.18. The Morgan fingerprint density at radius 1 is 1.43 bits per heavy atom. The second-order valence-corrected chi connectivity index (χ2v) is 5.17. The molecule has 0 spiro atoms. The maximum Gasteiger partial charge on any atom is 0.203 e. The minimum Gasteiger partial charge on any atom is -0.351 e. The predicted octanol–water partition coefficient (Wildman–Crippen LogP) is 2.75. The normalized spacial score (nSPS) is 12.1. The average molecular weight is 195 g/mol. The van der Waals surface area contributed by atoms with E-state index in [-0.39, 0.29) is 5.54 Å². The van der Waals surface area contributed by atoms with Gasteiger partial charge in [0.15, 0.2) is 0 Å². The zero-order chi connectivity index (χ0) is 10.8. The first-order chi connectivity index (χ1) is 6.38. The van der Waals surface area contributed by atoms with Crippen LogP contribution in [-0.2, 0) is 6.54 Å². The fourth-order valence-corrected chi connectivity index (χ4v) is 1.31. The third-order valence-corrected chi connectivity index (χ3v) is 1.76. The fraction of sp³-hybridized carbons (Fsp3) is 0.727. The van der Waals surface area contributed by atoms with Crippen molar-refractivity contribution in [3.63, 3.8) is 0 Å². The van der Waals surface area contributed by atoms with Gasteiger partial charge in [0.05, 0.1) is 0 Å². The van der Waals surface area contributed by atoms with Crippen LogP contribution in [0.3, 0.4) is 0 Å². The lowest BCUT2D eigenvalue weighted by Gasteiger charge is -2.22. The summed E-state index contributed by atoms with van der Waals surface area (Å²) in [5.41, 5.74) is 0.0695. The number of nitrogens with one attached hydrogen (secondary N) is 1. The highest BCUT2D eigenvalue weighted by Gasteiger charge is 2.13. The summed E-state index contributed by atoms with van der Waals surface area (Å²) in [7, 11) is 0. The van der Waals surface area contributed by atoms with Crippen LogP contribution in [0.2, 0.25) is 0 Å². The zero-order valence-electron chi connectivity index (χ0n) is 9.83. The van der Waals surface area contributed by atoms with Crippen molar-refractivity contribution >= 4 is 5.95 Å². The lowest BCUT2D eigenvalue weighted by molar-refractivity contribution is 0.517. The predicted molar refractivity (Wildman–Crippen MR) is 60.4 cm³/mol. The van der Waals surface area contributed by atoms with Gasteiger partial charge in [-0.25, -0.2) is 4.98 Å². The Hall–Kier alpha value is -0.990. The molecule has 1 heterocycles. The van der Waals surface area contributed by atoms with Crippen molar-refractivity contribution in [3.05, 3.63) is 12.4 Å². The molecule has 0 saturated heterocycles. The van der Waals surface area contributed by atoms with Crippen LogP contribution in [-0.4, -0.2) is 15.1 Å². The molecule has 0 aliphatic heterocycles. The van der Waals surface area contributed by atoms with Gasteiger partial charge in [-0.3, -0.25) is 0 Å². The molecular formula is C11H21N3. The Morgan fingerprint density at radius 2 is 2.07 bits per heavy atom. The van der Waals surface area contributed by atoms with Crippen LogP contribution < -0.4 is 5.32 Å². The molecule has 0 aliphatic rings. The molecular weight excluding hydrogens is 174 g/mol. The van der Waals surface area contributed by atoms with Crippen molar-refractivity contribution in [1.82, 2.24) is 9.55 Å².